The van der Waals surface area contributed by atoms with Gasteiger partial charge >= 0.3 is 0 Å². The van der Waals surface area contributed by atoms with E-state index in [-0.39, 0.29) is 10.8 Å². The quantitative estimate of drug-likeness (QED) is 0.551. The van der Waals surface area contributed by atoms with Crippen LogP contribution in [0.2, 0.25) is 0 Å². The van der Waals surface area contributed by atoms with E-state index in [0.717, 1.165) is 11.4 Å². The largest absolute Gasteiger partial charge is 0.151 e. The number of rotatable bonds is 2. The molecule has 0 heterocycles. The van der Waals surface area contributed by atoms with Gasteiger partial charge in [0.25, 0.3) is 0 Å². The Morgan fingerprint density at radius 1 is 0.500 bits per heavy atom. The minimum Gasteiger partial charge on any atom is -0.151 e. The van der Waals surface area contributed by atoms with Crippen molar-refractivity contribution >= 4 is 11.4 Å². The molecule has 0 aromatic heterocycles. The van der Waals surface area contributed by atoms with E-state index < -0.39 is 0 Å². The van der Waals surface area contributed by atoms with Crippen LogP contribution in [0.15, 0.2) is 58.8 Å². The van der Waals surface area contributed by atoms with Crippen LogP contribution in [0, 0.1) is 0 Å². The maximum atomic E-state index is 4.32. The predicted molar refractivity (Wildman–Crippen MR) is 94.5 cm³/mol. The third-order valence-electron chi connectivity index (χ3n) is 3.75. The van der Waals surface area contributed by atoms with E-state index in [2.05, 4.69) is 76.0 Å². The molecule has 0 saturated heterocycles. The number of benzene rings is 2. The average Bonchev–Trinajstić information content (AvgIpc) is 2.44. The standard InChI is InChI=1S/C20H26N2/c1-19(2,3)15-7-11-17(12-8-15)21-22-18-13-9-16(10-14-18)20(4,5)6/h7-14H,1-6H3/b22-21+. The molecule has 22 heavy (non-hydrogen) atoms. The van der Waals surface area contributed by atoms with Gasteiger partial charge in [0.05, 0.1) is 11.4 Å². The number of azo groups is 1. The van der Waals surface area contributed by atoms with Crippen LogP contribution >= 0.6 is 0 Å². The van der Waals surface area contributed by atoms with E-state index in [1.807, 2.05) is 24.3 Å². The van der Waals surface area contributed by atoms with Gasteiger partial charge in [-0.2, -0.15) is 10.2 Å². The van der Waals surface area contributed by atoms with Gasteiger partial charge in [-0.1, -0.05) is 65.8 Å². The summed E-state index contributed by atoms with van der Waals surface area (Å²) in [6.07, 6.45) is 0. The Hall–Kier alpha value is -1.96. The fourth-order valence-corrected chi connectivity index (χ4v) is 2.17. The van der Waals surface area contributed by atoms with Crippen LogP contribution < -0.4 is 0 Å². The molecule has 0 radical (unpaired) electrons. The van der Waals surface area contributed by atoms with Crippen LogP contribution in [0.25, 0.3) is 0 Å². The first-order valence-corrected chi connectivity index (χ1v) is 7.79. The van der Waals surface area contributed by atoms with E-state index in [9.17, 15) is 0 Å². The first-order valence-electron chi connectivity index (χ1n) is 7.79. The fourth-order valence-electron chi connectivity index (χ4n) is 2.17. The lowest BCUT2D eigenvalue weighted by Gasteiger charge is -2.18. The molecule has 0 spiro atoms. The SMILES string of the molecule is CC(C)(C)c1ccc(/N=N/c2ccc(C(C)(C)C)cc2)cc1. The first kappa shape index (κ1) is 16.4. The number of nitrogens with zero attached hydrogens (tertiary/aromatic N) is 2. The van der Waals surface area contributed by atoms with Crippen LogP contribution in [0.4, 0.5) is 11.4 Å². The Kier molecular flexibility index (Phi) is 4.50. The zero-order valence-electron chi connectivity index (χ0n) is 14.5. The summed E-state index contributed by atoms with van der Waals surface area (Å²) in [5, 5.41) is 8.63. The van der Waals surface area contributed by atoms with E-state index in [1.54, 1.807) is 0 Å². The van der Waals surface area contributed by atoms with Crippen LogP contribution in [-0.4, -0.2) is 0 Å². The summed E-state index contributed by atoms with van der Waals surface area (Å²) >= 11 is 0. The van der Waals surface area contributed by atoms with Crippen molar-refractivity contribution in [3.63, 3.8) is 0 Å². The number of hydrogen-bond donors (Lipinski definition) is 0. The molecule has 0 N–H and O–H groups in total. The van der Waals surface area contributed by atoms with Crippen LogP contribution in [-0.2, 0) is 10.8 Å². The summed E-state index contributed by atoms with van der Waals surface area (Å²) in [4.78, 5) is 0. The topological polar surface area (TPSA) is 24.7 Å². The lowest BCUT2D eigenvalue weighted by Crippen LogP contribution is -2.10. The molecule has 2 aromatic carbocycles. The van der Waals surface area contributed by atoms with Crippen LogP contribution in [0.1, 0.15) is 52.7 Å². The summed E-state index contributed by atoms with van der Waals surface area (Å²) in [6.45, 7) is 13.3. The molecule has 2 aromatic rings. The molecule has 0 saturated carbocycles. The summed E-state index contributed by atoms with van der Waals surface area (Å²) in [5.41, 5.74) is 4.71. The molecule has 2 nitrogen and oxygen atoms in total. The third-order valence-corrected chi connectivity index (χ3v) is 3.75. The minimum atomic E-state index is 0.165. The molecule has 0 aliphatic rings. The van der Waals surface area contributed by atoms with Crippen molar-refractivity contribution in [2.75, 3.05) is 0 Å². The Morgan fingerprint density at radius 2 is 0.773 bits per heavy atom. The molecule has 2 heteroatoms. The van der Waals surface area contributed by atoms with Gasteiger partial charge in [-0.05, 0) is 46.2 Å². The highest BCUT2D eigenvalue weighted by molar-refractivity contribution is 5.43. The van der Waals surface area contributed by atoms with E-state index in [1.165, 1.54) is 11.1 Å². The van der Waals surface area contributed by atoms with Crippen molar-refractivity contribution in [2.45, 2.75) is 52.4 Å². The van der Waals surface area contributed by atoms with Crippen LogP contribution in [0.5, 0.6) is 0 Å². The van der Waals surface area contributed by atoms with Gasteiger partial charge < -0.3 is 0 Å². The molecule has 0 aliphatic carbocycles. The zero-order chi connectivity index (χ0) is 16.4. The van der Waals surface area contributed by atoms with Gasteiger partial charge in [0.15, 0.2) is 0 Å². The lowest BCUT2D eigenvalue weighted by atomic mass is 9.87. The molecule has 0 aliphatic heterocycles. The monoisotopic (exact) mass is 294 g/mol. The maximum Gasteiger partial charge on any atom is 0.0857 e. The van der Waals surface area contributed by atoms with Gasteiger partial charge in [0.1, 0.15) is 0 Å². The van der Waals surface area contributed by atoms with E-state index in [4.69, 9.17) is 0 Å². The Bertz CT molecular complexity index is 577. The van der Waals surface area contributed by atoms with Gasteiger partial charge in [0, 0.05) is 0 Å². The molecule has 0 unspecified atom stereocenters. The van der Waals surface area contributed by atoms with Crippen molar-refractivity contribution in [2.24, 2.45) is 10.2 Å². The molecule has 0 amide bonds. The summed E-state index contributed by atoms with van der Waals surface area (Å²) in [7, 11) is 0. The number of hydrogen-bond acceptors (Lipinski definition) is 2. The zero-order valence-corrected chi connectivity index (χ0v) is 14.5. The average molecular weight is 294 g/mol. The Morgan fingerprint density at radius 3 is 1.00 bits per heavy atom. The Labute approximate surface area is 134 Å². The van der Waals surface area contributed by atoms with Crippen molar-refractivity contribution in [1.29, 1.82) is 0 Å². The minimum absolute atomic E-state index is 0.165. The fraction of sp³-hybridized carbons (Fsp3) is 0.400. The second kappa shape index (κ2) is 6.04. The highest BCUT2D eigenvalue weighted by atomic mass is 15.1. The second-order valence-corrected chi connectivity index (χ2v) is 7.79. The second-order valence-electron chi connectivity index (χ2n) is 7.79. The molecular formula is C20H26N2. The smallest absolute Gasteiger partial charge is 0.0857 e. The van der Waals surface area contributed by atoms with E-state index >= 15 is 0 Å². The van der Waals surface area contributed by atoms with Gasteiger partial charge in [-0.3, -0.25) is 0 Å². The van der Waals surface area contributed by atoms with Crippen molar-refractivity contribution in [3.8, 4) is 0 Å². The molecule has 0 bridgehead atoms. The first-order chi connectivity index (χ1) is 10.2. The van der Waals surface area contributed by atoms with Crippen molar-refractivity contribution in [3.05, 3.63) is 59.7 Å². The van der Waals surface area contributed by atoms with E-state index in [0.29, 0.717) is 0 Å². The normalized spacial score (nSPS) is 12.8. The van der Waals surface area contributed by atoms with Crippen molar-refractivity contribution < 1.29 is 0 Å². The third kappa shape index (κ3) is 4.27. The predicted octanol–water partition coefficient (Wildman–Crippen LogP) is 6.70. The lowest BCUT2D eigenvalue weighted by molar-refractivity contribution is 0.590. The Balaban J connectivity index is 2.12. The maximum absolute atomic E-state index is 4.32. The highest BCUT2D eigenvalue weighted by Crippen LogP contribution is 2.27. The molecule has 2 rings (SSSR count). The molecule has 0 atom stereocenters. The summed E-state index contributed by atoms with van der Waals surface area (Å²) < 4.78 is 0. The summed E-state index contributed by atoms with van der Waals surface area (Å²) in [6, 6.07) is 16.6. The van der Waals surface area contributed by atoms with Crippen LogP contribution in [0.3, 0.4) is 0 Å². The van der Waals surface area contributed by atoms with Gasteiger partial charge in [-0.15, -0.1) is 0 Å². The molecule has 0 fully saturated rings. The molecule has 116 valence electrons. The summed E-state index contributed by atoms with van der Waals surface area (Å²) in [5.74, 6) is 0. The highest BCUT2D eigenvalue weighted by Gasteiger charge is 2.13. The molecular weight excluding hydrogens is 268 g/mol. The van der Waals surface area contributed by atoms with Gasteiger partial charge in [0.2, 0.25) is 0 Å². The van der Waals surface area contributed by atoms with Gasteiger partial charge in [-0.25, -0.2) is 0 Å². The van der Waals surface area contributed by atoms with Crippen molar-refractivity contribution in [1.82, 2.24) is 0 Å².